The molecule has 1 aliphatic carbocycles. The average molecular weight is 161 g/mol. The van der Waals surface area contributed by atoms with E-state index in [9.17, 15) is 0 Å². The third-order valence-electron chi connectivity index (χ3n) is 2.56. The fourth-order valence-electron chi connectivity index (χ4n) is 1.83. The van der Waals surface area contributed by atoms with Crippen LogP contribution in [0.15, 0.2) is 12.7 Å². The fraction of sp³-hybridized carbons (Fsp3) is 0.556. The Morgan fingerprint density at radius 1 is 1.42 bits per heavy atom. The molecule has 1 aromatic rings. The molecule has 1 heterocycles. The molecule has 0 saturated heterocycles. The van der Waals surface area contributed by atoms with Crippen LogP contribution in [0.5, 0.6) is 0 Å². The molecule has 3 nitrogen and oxygen atoms in total. The van der Waals surface area contributed by atoms with E-state index < -0.39 is 0 Å². The standard InChI is InChI=1S/C9H11N3/c1-2-9(5-3-4-6-9)12-8-10-7-11-12/h1,7-8H,3-6H2. The second-order valence-corrected chi connectivity index (χ2v) is 3.22. The molecule has 0 bridgehead atoms. The molecule has 0 atom stereocenters. The van der Waals surface area contributed by atoms with E-state index in [4.69, 9.17) is 6.42 Å². The third-order valence-corrected chi connectivity index (χ3v) is 2.56. The van der Waals surface area contributed by atoms with Crippen molar-refractivity contribution < 1.29 is 0 Å². The Labute approximate surface area is 71.8 Å². The summed E-state index contributed by atoms with van der Waals surface area (Å²) in [5.74, 6) is 2.84. The number of rotatable bonds is 1. The molecule has 1 aliphatic rings. The van der Waals surface area contributed by atoms with Gasteiger partial charge in [-0.3, -0.25) is 0 Å². The molecule has 0 radical (unpaired) electrons. The Hall–Kier alpha value is -1.30. The molecule has 0 aliphatic heterocycles. The lowest BCUT2D eigenvalue weighted by Gasteiger charge is -2.21. The zero-order chi connectivity index (χ0) is 8.44. The van der Waals surface area contributed by atoms with Crippen LogP contribution in [0.2, 0.25) is 0 Å². The Balaban J connectivity index is 2.36. The van der Waals surface area contributed by atoms with E-state index >= 15 is 0 Å². The van der Waals surface area contributed by atoms with Crippen LogP contribution in [0, 0.1) is 12.3 Å². The van der Waals surface area contributed by atoms with Crippen LogP contribution in [0.1, 0.15) is 25.7 Å². The lowest BCUT2D eigenvalue weighted by Crippen LogP contribution is -2.28. The van der Waals surface area contributed by atoms with E-state index in [-0.39, 0.29) is 5.54 Å². The predicted octanol–water partition coefficient (Wildman–Crippen LogP) is 1.18. The Kier molecular flexibility index (Phi) is 1.61. The molecule has 1 fully saturated rings. The number of terminal acetylenes is 1. The smallest absolute Gasteiger partial charge is 0.137 e. The summed E-state index contributed by atoms with van der Waals surface area (Å²) in [6, 6.07) is 0. The lowest BCUT2D eigenvalue weighted by atomic mass is 10.00. The van der Waals surface area contributed by atoms with Gasteiger partial charge in [0, 0.05) is 0 Å². The highest BCUT2D eigenvalue weighted by Gasteiger charge is 2.34. The van der Waals surface area contributed by atoms with Gasteiger partial charge in [0.25, 0.3) is 0 Å². The molecule has 0 N–H and O–H groups in total. The minimum absolute atomic E-state index is 0.170. The Morgan fingerprint density at radius 2 is 2.17 bits per heavy atom. The topological polar surface area (TPSA) is 30.7 Å². The van der Waals surface area contributed by atoms with E-state index in [1.165, 1.54) is 19.2 Å². The van der Waals surface area contributed by atoms with Gasteiger partial charge in [-0.2, -0.15) is 5.10 Å². The van der Waals surface area contributed by atoms with Crippen LogP contribution >= 0.6 is 0 Å². The van der Waals surface area contributed by atoms with Crippen molar-refractivity contribution >= 4 is 0 Å². The van der Waals surface area contributed by atoms with Crippen LogP contribution in [0.4, 0.5) is 0 Å². The quantitative estimate of drug-likeness (QED) is 0.579. The van der Waals surface area contributed by atoms with Crippen molar-refractivity contribution in [3.8, 4) is 12.3 Å². The molecule has 1 aromatic heterocycles. The highest BCUT2D eigenvalue weighted by molar-refractivity contribution is 5.11. The molecule has 12 heavy (non-hydrogen) atoms. The second-order valence-electron chi connectivity index (χ2n) is 3.22. The summed E-state index contributed by atoms with van der Waals surface area (Å²) in [5, 5.41) is 4.10. The molecule has 3 heteroatoms. The normalized spacial score (nSPS) is 20.6. The maximum Gasteiger partial charge on any atom is 0.137 e. The summed E-state index contributed by atoms with van der Waals surface area (Å²) < 4.78 is 1.82. The summed E-state index contributed by atoms with van der Waals surface area (Å²) in [5.41, 5.74) is -0.170. The second kappa shape index (κ2) is 2.63. The van der Waals surface area contributed by atoms with Crippen LogP contribution in [-0.2, 0) is 5.54 Å². The van der Waals surface area contributed by atoms with Crippen molar-refractivity contribution in [3.63, 3.8) is 0 Å². The van der Waals surface area contributed by atoms with Gasteiger partial charge in [0.1, 0.15) is 18.2 Å². The minimum Gasteiger partial charge on any atom is -0.235 e. The van der Waals surface area contributed by atoms with Crippen LogP contribution in [0.3, 0.4) is 0 Å². The van der Waals surface area contributed by atoms with E-state index in [0.717, 1.165) is 12.8 Å². The van der Waals surface area contributed by atoms with E-state index in [2.05, 4.69) is 16.0 Å². The number of hydrogen-bond acceptors (Lipinski definition) is 2. The van der Waals surface area contributed by atoms with Crippen molar-refractivity contribution in [1.82, 2.24) is 14.8 Å². The maximum atomic E-state index is 5.52. The van der Waals surface area contributed by atoms with Crippen LogP contribution in [0.25, 0.3) is 0 Å². The lowest BCUT2D eigenvalue weighted by molar-refractivity contribution is 0.359. The predicted molar refractivity (Wildman–Crippen MR) is 45.3 cm³/mol. The van der Waals surface area contributed by atoms with Crippen molar-refractivity contribution in [2.45, 2.75) is 31.2 Å². The summed E-state index contributed by atoms with van der Waals surface area (Å²) in [6.45, 7) is 0. The first-order valence-corrected chi connectivity index (χ1v) is 4.20. The van der Waals surface area contributed by atoms with E-state index in [1.807, 2.05) is 4.68 Å². The molecule has 0 unspecified atom stereocenters. The van der Waals surface area contributed by atoms with E-state index in [1.54, 1.807) is 6.33 Å². The highest BCUT2D eigenvalue weighted by Crippen LogP contribution is 2.34. The maximum absolute atomic E-state index is 5.52. The van der Waals surface area contributed by atoms with Crippen LogP contribution < -0.4 is 0 Å². The summed E-state index contributed by atoms with van der Waals surface area (Å²) in [4.78, 5) is 3.92. The number of hydrogen-bond donors (Lipinski definition) is 0. The average Bonchev–Trinajstić information content (AvgIpc) is 2.76. The summed E-state index contributed by atoms with van der Waals surface area (Å²) in [7, 11) is 0. The molecule has 0 aromatic carbocycles. The zero-order valence-corrected chi connectivity index (χ0v) is 6.90. The molecule has 62 valence electrons. The van der Waals surface area contributed by atoms with Gasteiger partial charge in [0.2, 0.25) is 0 Å². The van der Waals surface area contributed by atoms with Gasteiger partial charge in [-0.25, -0.2) is 9.67 Å². The van der Waals surface area contributed by atoms with Crippen molar-refractivity contribution in [2.24, 2.45) is 0 Å². The largest absolute Gasteiger partial charge is 0.235 e. The Bertz CT molecular complexity index is 288. The summed E-state index contributed by atoms with van der Waals surface area (Å²) >= 11 is 0. The molecular weight excluding hydrogens is 150 g/mol. The fourth-order valence-corrected chi connectivity index (χ4v) is 1.83. The first-order chi connectivity index (χ1) is 5.87. The first-order valence-electron chi connectivity index (χ1n) is 4.20. The van der Waals surface area contributed by atoms with Crippen molar-refractivity contribution in [1.29, 1.82) is 0 Å². The molecule has 2 rings (SSSR count). The SMILES string of the molecule is C#CC1(n2cncn2)CCCC1. The molecule has 0 spiro atoms. The summed E-state index contributed by atoms with van der Waals surface area (Å²) in [6.07, 6.45) is 13.2. The molecule has 1 saturated carbocycles. The van der Waals surface area contributed by atoms with Crippen molar-refractivity contribution in [2.75, 3.05) is 0 Å². The molecular formula is C9H11N3. The number of aromatic nitrogens is 3. The monoisotopic (exact) mass is 161 g/mol. The number of nitrogens with zero attached hydrogens (tertiary/aromatic N) is 3. The van der Waals surface area contributed by atoms with Gasteiger partial charge in [-0.15, -0.1) is 6.42 Å². The van der Waals surface area contributed by atoms with Gasteiger partial charge in [-0.1, -0.05) is 5.92 Å². The highest BCUT2D eigenvalue weighted by atomic mass is 15.4. The third kappa shape index (κ3) is 0.918. The van der Waals surface area contributed by atoms with E-state index in [0.29, 0.717) is 0 Å². The Morgan fingerprint density at radius 3 is 2.67 bits per heavy atom. The van der Waals surface area contributed by atoms with Gasteiger partial charge >= 0.3 is 0 Å². The minimum atomic E-state index is -0.170. The van der Waals surface area contributed by atoms with Crippen LogP contribution in [-0.4, -0.2) is 14.8 Å². The van der Waals surface area contributed by atoms with Gasteiger partial charge < -0.3 is 0 Å². The first kappa shape index (κ1) is 7.35. The van der Waals surface area contributed by atoms with Gasteiger partial charge in [0.15, 0.2) is 0 Å². The van der Waals surface area contributed by atoms with Crippen molar-refractivity contribution in [3.05, 3.63) is 12.7 Å². The van der Waals surface area contributed by atoms with Gasteiger partial charge in [-0.05, 0) is 25.7 Å². The van der Waals surface area contributed by atoms with Gasteiger partial charge in [0.05, 0.1) is 0 Å². The zero-order valence-electron chi connectivity index (χ0n) is 6.90. The molecule has 0 amide bonds.